The van der Waals surface area contributed by atoms with Gasteiger partial charge in [-0.15, -0.1) is 0 Å². The number of nitrogens with two attached hydrogens (primary N) is 1. The Bertz CT molecular complexity index is 968. The van der Waals surface area contributed by atoms with Gasteiger partial charge in [-0.25, -0.2) is 14.3 Å². The number of nitriles is 1. The number of hydrogen-bond donors (Lipinski definition) is 3. The maximum Gasteiger partial charge on any atom is 0.508 e. The molecule has 1 fully saturated rings. The molecule has 11 nitrogen and oxygen atoms in total. The minimum absolute atomic E-state index is 0.162. The second-order valence-electron chi connectivity index (χ2n) is 7.42. The van der Waals surface area contributed by atoms with Crippen molar-refractivity contribution >= 4 is 17.5 Å². The second-order valence-corrected chi connectivity index (χ2v) is 7.42. The number of aromatic nitrogens is 3. The van der Waals surface area contributed by atoms with Gasteiger partial charge in [-0.3, -0.25) is 0 Å². The zero-order valence-electron chi connectivity index (χ0n) is 17.0. The molecule has 30 heavy (non-hydrogen) atoms. The number of carbonyl (C=O) groups excluding carboxylic acids is 1. The van der Waals surface area contributed by atoms with E-state index in [4.69, 9.17) is 19.9 Å². The van der Waals surface area contributed by atoms with Crippen molar-refractivity contribution in [3.05, 3.63) is 24.2 Å². The van der Waals surface area contributed by atoms with Crippen LogP contribution in [0.4, 0.5) is 10.6 Å². The largest absolute Gasteiger partial charge is 0.508 e. The lowest BCUT2D eigenvalue weighted by Gasteiger charge is -2.26. The number of carbonyl (C=O) groups is 1. The van der Waals surface area contributed by atoms with Crippen LogP contribution < -0.4 is 5.73 Å². The Morgan fingerprint density at radius 3 is 2.77 bits per heavy atom. The number of aliphatic hydroxyl groups is 2. The predicted molar refractivity (Wildman–Crippen MR) is 103 cm³/mol. The third-order valence-electron chi connectivity index (χ3n) is 5.68. The van der Waals surface area contributed by atoms with E-state index in [1.807, 2.05) is 19.9 Å². The minimum atomic E-state index is -1.95. The number of aliphatic hydroxyl groups excluding tert-OH is 2. The highest BCUT2D eigenvalue weighted by atomic mass is 16.7. The Morgan fingerprint density at radius 1 is 1.43 bits per heavy atom. The van der Waals surface area contributed by atoms with Gasteiger partial charge in [0.25, 0.3) is 0 Å². The monoisotopic (exact) mass is 419 g/mol. The molecule has 0 saturated carbocycles. The predicted octanol–water partition coefficient (Wildman–Crippen LogP) is 0.883. The third-order valence-corrected chi connectivity index (χ3v) is 5.68. The highest BCUT2D eigenvalue weighted by molar-refractivity contribution is 5.66. The summed E-state index contributed by atoms with van der Waals surface area (Å²) in [5, 5.41) is 35.0. The molecular formula is C19H25N5O6. The van der Waals surface area contributed by atoms with E-state index in [-0.39, 0.29) is 11.5 Å². The Balaban J connectivity index is 1.80. The number of nitrogens with zero attached hydrogens (tertiary/aromatic N) is 4. The van der Waals surface area contributed by atoms with Crippen molar-refractivity contribution in [1.29, 1.82) is 5.26 Å². The van der Waals surface area contributed by atoms with Crippen LogP contribution in [-0.4, -0.2) is 61.5 Å². The van der Waals surface area contributed by atoms with Crippen LogP contribution in [0.5, 0.6) is 0 Å². The number of ether oxygens (including phenoxy) is 3. The van der Waals surface area contributed by atoms with Crippen molar-refractivity contribution in [3.63, 3.8) is 0 Å². The van der Waals surface area contributed by atoms with E-state index in [1.165, 1.54) is 16.9 Å². The molecular weight excluding hydrogens is 394 g/mol. The average Bonchev–Trinajstić information content (AvgIpc) is 3.28. The van der Waals surface area contributed by atoms with Gasteiger partial charge < -0.3 is 30.2 Å². The van der Waals surface area contributed by atoms with E-state index in [0.717, 1.165) is 0 Å². The molecule has 3 rings (SSSR count). The van der Waals surface area contributed by atoms with Crippen LogP contribution in [0.2, 0.25) is 0 Å². The highest BCUT2D eigenvalue weighted by Crippen LogP contribution is 2.40. The first-order valence-corrected chi connectivity index (χ1v) is 9.61. The smallest absolute Gasteiger partial charge is 0.431 e. The van der Waals surface area contributed by atoms with Gasteiger partial charge in [0.05, 0.1) is 5.69 Å². The summed E-state index contributed by atoms with van der Waals surface area (Å²) in [5.74, 6) is 0.176. The second kappa shape index (κ2) is 8.06. The Labute approximate surface area is 173 Å². The van der Waals surface area contributed by atoms with Crippen LogP contribution in [0, 0.1) is 11.3 Å². The molecule has 0 aromatic carbocycles. The summed E-state index contributed by atoms with van der Waals surface area (Å²) in [6, 6.07) is 5.00. The van der Waals surface area contributed by atoms with Crippen LogP contribution in [-0.2, 0) is 19.8 Å². The Hall–Kier alpha value is -2.94. The maximum absolute atomic E-state index is 12.0. The summed E-state index contributed by atoms with van der Waals surface area (Å²) in [7, 11) is 0. The van der Waals surface area contributed by atoms with Gasteiger partial charge in [0.15, 0.2) is 5.82 Å². The summed E-state index contributed by atoms with van der Waals surface area (Å²) in [6.45, 7) is 5.14. The highest BCUT2D eigenvalue weighted by Gasteiger charge is 2.58. The van der Waals surface area contributed by atoms with Crippen LogP contribution in [0.25, 0.3) is 5.52 Å². The molecule has 0 unspecified atom stereocenters. The van der Waals surface area contributed by atoms with Crippen molar-refractivity contribution in [2.75, 3.05) is 12.3 Å². The fourth-order valence-electron chi connectivity index (χ4n) is 3.33. The van der Waals surface area contributed by atoms with Crippen LogP contribution >= 0.6 is 0 Å². The van der Waals surface area contributed by atoms with Gasteiger partial charge >= 0.3 is 6.16 Å². The normalized spacial score (nSPS) is 26.5. The van der Waals surface area contributed by atoms with E-state index < -0.39 is 42.3 Å². The average molecular weight is 419 g/mol. The first kappa shape index (κ1) is 21.8. The number of hydrogen-bond acceptors (Lipinski definition) is 10. The van der Waals surface area contributed by atoms with Crippen LogP contribution in [0.1, 0.15) is 39.3 Å². The Kier molecular flexibility index (Phi) is 5.85. The standard InChI is InChI=1S/C19H25N5O6/c1-4-18(3,5-2)30-17(27)28-8-12-14(25)15(26)19(9-20,29-12)13-7-6-11-16(21)22-10-23-24(11)13/h6-7,10,12,14-15,25-26H,4-5,8H2,1-3H3,(H2,21,22,23)/t12-,14-,15-,19+/m1/s1. The van der Waals surface area contributed by atoms with Crippen molar-refractivity contribution in [1.82, 2.24) is 14.6 Å². The molecule has 1 saturated heterocycles. The van der Waals surface area contributed by atoms with E-state index in [9.17, 15) is 20.3 Å². The molecule has 1 aliphatic rings. The number of anilines is 1. The van der Waals surface area contributed by atoms with Crippen LogP contribution in [0.15, 0.2) is 18.5 Å². The maximum atomic E-state index is 12.0. The van der Waals surface area contributed by atoms with Gasteiger partial charge in [0, 0.05) is 0 Å². The lowest BCUT2D eigenvalue weighted by Crippen LogP contribution is -2.41. The van der Waals surface area contributed by atoms with Crippen molar-refractivity contribution in [2.24, 2.45) is 0 Å². The lowest BCUT2D eigenvalue weighted by molar-refractivity contribution is -0.0832. The van der Waals surface area contributed by atoms with Crippen molar-refractivity contribution in [2.45, 2.75) is 63.1 Å². The molecule has 4 atom stereocenters. The molecule has 1 aliphatic heterocycles. The molecule has 2 aromatic rings. The summed E-state index contributed by atoms with van der Waals surface area (Å²) in [6.07, 6.45) is -2.80. The van der Waals surface area contributed by atoms with E-state index in [2.05, 4.69) is 10.1 Å². The van der Waals surface area contributed by atoms with Gasteiger partial charge in [-0.2, -0.15) is 10.4 Å². The molecule has 0 spiro atoms. The van der Waals surface area contributed by atoms with E-state index >= 15 is 0 Å². The van der Waals surface area contributed by atoms with E-state index in [0.29, 0.717) is 18.4 Å². The van der Waals surface area contributed by atoms with Crippen LogP contribution in [0.3, 0.4) is 0 Å². The topological polar surface area (TPSA) is 165 Å². The minimum Gasteiger partial charge on any atom is -0.431 e. The quantitative estimate of drug-likeness (QED) is 0.572. The molecule has 4 N–H and O–H groups in total. The first-order valence-electron chi connectivity index (χ1n) is 9.61. The molecule has 3 heterocycles. The molecule has 162 valence electrons. The zero-order valence-corrected chi connectivity index (χ0v) is 17.0. The molecule has 0 bridgehead atoms. The van der Waals surface area contributed by atoms with Gasteiger partial charge in [-0.05, 0) is 31.9 Å². The number of nitrogen functional groups attached to an aromatic ring is 1. The SMILES string of the molecule is CCC(C)(CC)OC(=O)OC[C@H]1O[C@@](C#N)(c2ccc3c(N)ncnn23)[C@H](O)[C@@H]1O. The van der Waals surface area contributed by atoms with Gasteiger partial charge in [0.2, 0.25) is 5.60 Å². The summed E-state index contributed by atoms with van der Waals surface area (Å²) in [5.41, 5.74) is 3.76. The van der Waals surface area contributed by atoms with Gasteiger partial charge in [0.1, 0.15) is 48.4 Å². The summed E-state index contributed by atoms with van der Waals surface area (Å²) in [4.78, 5) is 15.9. The number of rotatable bonds is 6. The Morgan fingerprint density at radius 2 is 2.13 bits per heavy atom. The molecule has 2 aromatic heterocycles. The van der Waals surface area contributed by atoms with Crippen molar-refractivity contribution < 1.29 is 29.2 Å². The first-order chi connectivity index (χ1) is 14.2. The lowest BCUT2D eigenvalue weighted by atomic mass is 9.92. The number of fused-ring (bicyclic) bond motifs is 1. The summed E-state index contributed by atoms with van der Waals surface area (Å²) < 4.78 is 17.5. The fourth-order valence-corrected chi connectivity index (χ4v) is 3.33. The molecule has 0 aliphatic carbocycles. The third kappa shape index (κ3) is 3.54. The van der Waals surface area contributed by atoms with E-state index in [1.54, 1.807) is 13.0 Å². The molecule has 0 amide bonds. The van der Waals surface area contributed by atoms with Crippen molar-refractivity contribution in [3.8, 4) is 6.07 Å². The molecule has 0 radical (unpaired) electrons. The zero-order chi connectivity index (χ0) is 22.1. The van der Waals surface area contributed by atoms with Gasteiger partial charge in [-0.1, -0.05) is 13.8 Å². The molecule has 11 heteroatoms. The summed E-state index contributed by atoms with van der Waals surface area (Å²) >= 11 is 0. The fraction of sp³-hybridized carbons (Fsp3) is 0.579.